The van der Waals surface area contributed by atoms with E-state index in [1.54, 1.807) is 0 Å². The van der Waals surface area contributed by atoms with Crippen LogP contribution >= 0.6 is 24.0 Å². The molecule has 0 saturated carbocycles. The van der Waals surface area contributed by atoms with Crippen molar-refractivity contribution in [1.29, 1.82) is 0 Å². The number of aromatic nitrogens is 3. The first-order valence-electron chi connectivity index (χ1n) is 7.64. The van der Waals surface area contributed by atoms with Gasteiger partial charge in [-0.1, -0.05) is 6.08 Å². The minimum absolute atomic E-state index is 0. The molecule has 7 nitrogen and oxygen atoms in total. The third kappa shape index (κ3) is 5.76. The summed E-state index contributed by atoms with van der Waals surface area (Å²) < 4.78 is 7.40. The maximum absolute atomic E-state index is 5.44. The summed E-state index contributed by atoms with van der Waals surface area (Å²) in [5.41, 5.74) is 0. The zero-order valence-corrected chi connectivity index (χ0v) is 16.5. The Labute approximate surface area is 155 Å². The van der Waals surface area contributed by atoms with Crippen molar-refractivity contribution < 1.29 is 4.74 Å². The molecule has 0 aromatic carbocycles. The molecule has 0 bridgehead atoms. The van der Waals surface area contributed by atoms with E-state index in [2.05, 4.69) is 39.0 Å². The summed E-state index contributed by atoms with van der Waals surface area (Å²) in [5, 5.41) is 11.5. The van der Waals surface area contributed by atoms with E-state index in [-0.39, 0.29) is 24.0 Å². The van der Waals surface area contributed by atoms with Gasteiger partial charge >= 0.3 is 0 Å². The van der Waals surface area contributed by atoms with Crippen LogP contribution < -0.4 is 5.32 Å². The van der Waals surface area contributed by atoms with E-state index in [1.165, 1.54) is 0 Å². The van der Waals surface area contributed by atoms with Gasteiger partial charge in [0.1, 0.15) is 12.4 Å². The highest BCUT2D eigenvalue weighted by atomic mass is 127. The van der Waals surface area contributed by atoms with Crippen molar-refractivity contribution in [3.63, 3.8) is 0 Å². The van der Waals surface area contributed by atoms with Gasteiger partial charge in [-0.3, -0.25) is 0 Å². The van der Waals surface area contributed by atoms with E-state index in [4.69, 9.17) is 4.74 Å². The number of ether oxygens (including phenoxy) is 1. The van der Waals surface area contributed by atoms with Crippen molar-refractivity contribution in [1.82, 2.24) is 25.0 Å². The minimum atomic E-state index is 0. The molecule has 0 spiro atoms. The maximum Gasteiger partial charge on any atom is 0.194 e. The van der Waals surface area contributed by atoms with Crippen molar-refractivity contribution in [3.8, 4) is 0 Å². The van der Waals surface area contributed by atoms with Crippen molar-refractivity contribution in [2.24, 2.45) is 18.0 Å². The molecule has 2 rings (SSSR count). The Hall–Kier alpha value is -1.16. The van der Waals surface area contributed by atoms with Crippen LogP contribution in [0.2, 0.25) is 0 Å². The fourth-order valence-electron chi connectivity index (χ4n) is 2.41. The molecular formula is C15H27IN6O. The molecule has 1 aliphatic rings. The zero-order valence-electron chi connectivity index (χ0n) is 14.2. The van der Waals surface area contributed by atoms with Gasteiger partial charge in [-0.15, -0.1) is 40.8 Å². The van der Waals surface area contributed by atoms with E-state index in [0.29, 0.717) is 19.0 Å². The number of hydrogen-bond donors (Lipinski definition) is 1. The van der Waals surface area contributed by atoms with Crippen LogP contribution in [-0.2, 0) is 18.3 Å². The Balaban J connectivity index is 0.00000264. The molecule has 1 aromatic rings. The molecular weight excluding hydrogens is 407 g/mol. The van der Waals surface area contributed by atoms with Crippen LogP contribution in [0.1, 0.15) is 18.1 Å². The van der Waals surface area contributed by atoms with Crippen molar-refractivity contribution in [2.45, 2.75) is 19.9 Å². The average molecular weight is 434 g/mol. The van der Waals surface area contributed by atoms with Gasteiger partial charge in [-0.2, -0.15) is 0 Å². The highest BCUT2D eigenvalue weighted by Crippen LogP contribution is 2.13. The van der Waals surface area contributed by atoms with E-state index in [0.717, 1.165) is 43.8 Å². The number of nitrogens with one attached hydrogen (secondary N) is 1. The summed E-state index contributed by atoms with van der Waals surface area (Å²) in [7, 11) is 4.01. The van der Waals surface area contributed by atoms with Gasteiger partial charge in [-0.25, -0.2) is 4.99 Å². The third-order valence-electron chi connectivity index (χ3n) is 3.88. The Bertz CT molecular complexity index is 524. The van der Waals surface area contributed by atoms with Crippen molar-refractivity contribution in [2.75, 3.05) is 33.4 Å². The number of hydrogen-bond acceptors (Lipinski definition) is 4. The summed E-state index contributed by atoms with van der Waals surface area (Å²) in [6, 6.07) is 0. The first kappa shape index (κ1) is 19.9. The van der Waals surface area contributed by atoms with Gasteiger partial charge in [0.25, 0.3) is 0 Å². The summed E-state index contributed by atoms with van der Waals surface area (Å²) in [4.78, 5) is 6.81. The van der Waals surface area contributed by atoms with Crippen LogP contribution in [0.4, 0.5) is 0 Å². The summed E-state index contributed by atoms with van der Waals surface area (Å²) in [6.45, 7) is 9.50. The monoisotopic (exact) mass is 434 g/mol. The Morgan fingerprint density at radius 1 is 1.57 bits per heavy atom. The van der Waals surface area contributed by atoms with Gasteiger partial charge in [0.15, 0.2) is 11.8 Å². The number of nitrogens with zero attached hydrogens (tertiary/aromatic N) is 5. The molecule has 0 radical (unpaired) electrons. The first-order chi connectivity index (χ1) is 10.6. The van der Waals surface area contributed by atoms with E-state index >= 15 is 0 Å². The summed E-state index contributed by atoms with van der Waals surface area (Å²) in [5.74, 6) is 3.17. The highest BCUT2D eigenvalue weighted by molar-refractivity contribution is 14.0. The highest BCUT2D eigenvalue weighted by Gasteiger charge is 2.19. The van der Waals surface area contributed by atoms with Crippen LogP contribution in [0.3, 0.4) is 0 Å². The molecule has 23 heavy (non-hydrogen) atoms. The molecule has 1 aliphatic heterocycles. The maximum atomic E-state index is 5.44. The molecule has 1 saturated heterocycles. The SMILES string of the molecule is C=CCNC(=NCc1nnc(C)n1C)N(C)CC1CCOC1.I. The molecule has 1 N–H and O–H groups in total. The number of aryl methyl sites for hydroxylation is 1. The second-order valence-electron chi connectivity index (χ2n) is 5.64. The average Bonchev–Trinajstić information content (AvgIpc) is 3.11. The van der Waals surface area contributed by atoms with Gasteiger partial charge in [0.05, 0.1) is 6.61 Å². The number of guanidine groups is 1. The van der Waals surface area contributed by atoms with Crippen LogP contribution in [0.5, 0.6) is 0 Å². The lowest BCUT2D eigenvalue weighted by molar-refractivity contribution is 0.181. The van der Waals surface area contributed by atoms with Gasteiger partial charge in [-0.05, 0) is 13.3 Å². The van der Waals surface area contributed by atoms with Crippen LogP contribution in [0, 0.1) is 12.8 Å². The second-order valence-corrected chi connectivity index (χ2v) is 5.64. The topological polar surface area (TPSA) is 67.6 Å². The quantitative estimate of drug-likeness (QED) is 0.317. The molecule has 0 amide bonds. The Kier molecular flexibility index (Phi) is 8.53. The summed E-state index contributed by atoms with van der Waals surface area (Å²) >= 11 is 0. The number of halogens is 1. The lowest BCUT2D eigenvalue weighted by Crippen LogP contribution is -2.41. The van der Waals surface area contributed by atoms with Crippen LogP contribution in [-0.4, -0.2) is 59.0 Å². The number of aliphatic imine (C=N–C) groups is 1. The standard InChI is InChI=1S/C15H26N6O.HI/c1-5-7-16-15(20(3)10-13-6-8-22-11-13)17-9-14-19-18-12(2)21(14)4;/h5,13H,1,6-11H2,2-4H3,(H,16,17);1H. The Morgan fingerprint density at radius 2 is 2.35 bits per heavy atom. The largest absolute Gasteiger partial charge is 0.381 e. The molecule has 1 unspecified atom stereocenters. The fraction of sp³-hybridized carbons (Fsp3) is 0.667. The van der Waals surface area contributed by atoms with Gasteiger partial charge in [0.2, 0.25) is 0 Å². The second kappa shape index (κ2) is 9.86. The summed E-state index contributed by atoms with van der Waals surface area (Å²) in [6.07, 6.45) is 2.94. The molecule has 130 valence electrons. The number of rotatable bonds is 6. The van der Waals surface area contributed by atoms with E-state index in [9.17, 15) is 0 Å². The van der Waals surface area contributed by atoms with Crippen LogP contribution in [0.15, 0.2) is 17.6 Å². The molecule has 1 atom stereocenters. The first-order valence-corrected chi connectivity index (χ1v) is 7.64. The van der Waals surface area contributed by atoms with E-state index in [1.807, 2.05) is 24.6 Å². The third-order valence-corrected chi connectivity index (χ3v) is 3.88. The predicted octanol–water partition coefficient (Wildman–Crippen LogP) is 1.34. The predicted molar refractivity (Wildman–Crippen MR) is 102 cm³/mol. The molecule has 1 fully saturated rings. The van der Waals surface area contributed by atoms with E-state index < -0.39 is 0 Å². The lowest BCUT2D eigenvalue weighted by atomic mass is 10.1. The fourth-order valence-corrected chi connectivity index (χ4v) is 2.41. The normalized spacial score (nSPS) is 17.7. The molecule has 8 heteroatoms. The molecule has 0 aliphatic carbocycles. The minimum Gasteiger partial charge on any atom is -0.381 e. The zero-order chi connectivity index (χ0) is 15.9. The molecule has 1 aromatic heterocycles. The van der Waals surface area contributed by atoms with Crippen molar-refractivity contribution >= 4 is 29.9 Å². The van der Waals surface area contributed by atoms with Gasteiger partial charge < -0.3 is 19.5 Å². The lowest BCUT2D eigenvalue weighted by Gasteiger charge is -2.24. The van der Waals surface area contributed by atoms with Crippen LogP contribution in [0.25, 0.3) is 0 Å². The Morgan fingerprint density at radius 3 is 2.91 bits per heavy atom. The smallest absolute Gasteiger partial charge is 0.194 e. The van der Waals surface area contributed by atoms with Crippen molar-refractivity contribution in [3.05, 3.63) is 24.3 Å². The molecule has 2 heterocycles. The van der Waals surface area contributed by atoms with Gasteiger partial charge in [0, 0.05) is 39.7 Å².